The summed E-state index contributed by atoms with van der Waals surface area (Å²) in [6.07, 6.45) is 65.7. The minimum absolute atomic E-state index is 0.0852. The van der Waals surface area contributed by atoms with E-state index in [1.807, 2.05) is 0 Å². The van der Waals surface area contributed by atoms with Crippen LogP contribution in [0.4, 0.5) is 0 Å². The van der Waals surface area contributed by atoms with Gasteiger partial charge in [-0.25, -0.2) is 0 Å². The summed E-state index contributed by atoms with van der Waals surface area (Å²) in [5.41, 5.74) is 0. The Morgan fingerprint density at radius 1 is 0.481 bits per heavy atom. The van der Waals surface area contributed by atoms with E-state index in [4.69, 9.17) is 0 Å². The zero-order chi connectivity index (χ0) is 37.8. The van der Waals surface area contributed by atoms with Crippen LogP contribution in [0.2, 0.25) is 0 Å². The monoisotopic (exact) mass is 716 g/mol. The fraction of sp³-hybridized carbons (Fsp3) is 0.562. The molecule has 0 saturated carbocycles. The molecule has 4 heteroatoms. The van der Waals surface area contributed by atoms with Gasteiger partial charge in [0.25, 0.3) is 0 Å². The smallest absolute Gasteiger partial charge is 0.220 e. The highest BCUT2D eigenvalue weighted by Gasteiger charge is 2.19. The number of amides is 1. The zero-order valence-electron chi connectivity index (χ0n) is 33.3. The molecule has 4 nitrogen and oxygen atoms in total. The van der Waals surface area contributed by atoms with Crippen LogP contribution in [0.25, 0.3) is 0 Å². The van der Waals surface area contributed by atoms with E-state index in [0.717, 1.165) is 96.3 Å². The van der Waals surface area contributed by atoms with Crippen LogP contribution in [0.15, 0.2) is 122 Å². The molecule has 0 rings (SSSR count). The molecule has 2 unspecified atom stereocenters. The second-order valence-electron chi connectivity index (χ2n) is 13.3. The van der Waals surface area contributed by atoms with E-state index in [0.29, 0.717) is 12.8 Å². The van der Waals surface area contributed by atoms with Crippen molar-refractivity contribution in [3.05, 3.63) is 122 Å². The first-order valence-corrected chi connectivity index (χ1v) is 20.7. The number of aliphatic hydroxyl groups excluding tert-OH is 2. The second kappa shape index (κ2) is 42.2. The zero-order valence-corrected chi connectivity index (χ0v) is 33.3. The van der Waals surface area contributed by atoms with Gasteiger partial charge in [-0.05, 0) is 89.9 Å². The van der Waals surface area contributed by atoms with Crippen molar-refractivity contribution in [1.29, 1.82) is 0 Å². The standard InChI is InChI=1S/C48H77NO3/c1-3-5-7-9-11-12-13-14-15-16-17-18-19-20-21-22-23-24-25-26-27-28-29-30-31-32-33-34-35-36-38-40-42-44-48(52)49-46(45-50)47(51)43-41-39-37-10-8-6-4-2/h5,7,11-12,14-15,17-18,20-21,23-24,26-27,29-30,32-33,35-36,46-47,50-51H,3-4,6,8-10,13,16,19,22,25,28,31,34,37-45H2,1-2H3,(H,49,52)/b7-5-,12-11-,15-14-,18-17-,21-20-,24-23-,27-26-,30-29-,33-32-,36-35-. The molecule has 0 saturated heterocycles. The summed E-state index contributed by atoms with van der Waals surface area (Å²) in [6, 6.07) is -0.565. The van der Waals surface area contributed by atoms with E-state index in [2.05, 4.69) is 141 Å². The number of carbonyl (C=O) groups excluding carboxylic acids is 1. The van der Waals surface area contributed by atoms with Gasteiger partial charge in [0.15, 0.2) is 0 Å². The Balaban J connectivity index is 3.74. The van der Waals surface area contributed by atoms with Gasteiger partial charge in [-0.15, -0.1) is 0 Å². The molecule has 0 radical (unpaired) electrons. The fourth-order valence-corrected chi connectivity index (χ4v) is 5.33. The SMILES string of the molecule is CC/C=C\C/C=C\C/C=C\C/C=C\C/C=C\C/C=C\C/C=C\C/C=C\C/C=C\C/C=C\CCCCC(=O)NC(CO)C(O)CCCCCCCCC. The van der Waals surface area contributed by atoms with Gasteiger partial charge >= 0.3 is 0 Å². The Morgan fingerprint density at radius 3 is 1.23 bits per heavy atom. The second-order valence-corrected chi connectivity index (χ2v) is 13.3. The first-order chi connectivity index (χ1) is 25.7. The first kappa shape index (κ1) is 48.8. The van der Waals surface area contributed by atoms with Gasteiger partial charge in [-0.1, -0.05) is 180 Å². The first-order valence-electron chi connectivity index (χ1n) is 20.7. The molecule has 0 aromatic rings. The Hall–Kier alpha value is -3.21. The predicted octanol–water partition coefficient (Wildman–Crippen LogP) is 13.0. The maximum absolute atomic E-state index is 12.3. The van der Waals surface area contributed by atoms with Gasteiger partial charge in [0.05, 0.1) is 18.8 Å². The van der Waals surface area contributed by atoms with Crippen molar-refractivity contribution in [2.24, 2.45) is 0 Å². The summed E-state index contributed by atoms with van der Waals surface area (Å²) in [5.74, 6) is -0.0852. The van der Waals surface area contributed by atoms with Crippen molar-refractivity contribution >= 4 is 5.91 Å². The van der Waals surface area contributed by atoms with Crippen molar-refractivity contribution in [1.82, 2.24) is 5.32 Å². The van der Waals surface area contributed by atoms with Crippen LogP contribution >= 0.6 is 0 Å². The minimum Gasteiger partial charge on any atom is -0.394 e. The highest BCUT2D eigenvalue weighted by atomic mass is 16.3. The van der Waals surface area contributed by atoms with Crippen LogP contribution in [0.1, 0.15) is 155 Å². The third-order valence-corrected chi connectivity index (χ3v) is 8.49. The van der Waals surface area contributed by atoms with E-state index in [1.54, 1.807) is 0 Å². The third-order valence-electron chi connectivity index (χ3n) is 8.49. The van der Waals surface area contributed by atoms with Crippen molar-refractivity contribution in [3.63, 3.8) is 0 Å². The molecule has 0 heterocycles. The van der Waals surface area contributed by atoms with E-state index >= 15 is 0 Å². The van der Waals surface area contributed by atoms with Gasteiger partial charge in [0.1, 0.15) is 0 Å². The lowest BCUT2D eigenvalue weighted by Crippen LogP contribution is -2.45. The highest BCUT2D eigenvalue weighted by molar-refractivity contribution is 5.76. The summed E-state index contributed by atoms with van der Waals surface area (Å²) in [7, 11) is 0. The van der Waals surface area contributed by atoms with Crippen molar-refractivity contribution in [3.8, 4) is 0 Å². The lowest BCUT2D eigenvalue weighted by molar-refractivity contribution is -0.123. The Labute approximate surface area is 320 Å². The normalized spacial score (nSPS) is 14.3. The average molecular weight is 716 g/mol. The summed E-state index contributed by atoms with van der Waals surface area (Å²) < 4.78 is 0. The highest BCUT2D eigenvalue weighted by Crippen LogP contribution is 2.12. The predicted molar refractivity (Wildman–Crippen MR) is 229 cm³/mol. The van der Waals surface area contributed by atoms with E-state index in [1.165, 1.54) is 32.1 Å². The maximum atomic E-state index is 12.3. The number of carbonyl (C=O) groups is 1. The molecule has 1 amide bonds. The van der Waals surface area contributed by atoms with Crippen LogP contribution in [-0.2, 0) is 4.79 Å². The molecule has 292 valence electrons. The quantitative estimate of drug-likeness (QED) is 0.0452. The van der Waals surface area contributed by atoms with E-state index in [9.17, 15) is 15.0 Å². The van der Waals surface area contributed by atoms with Crippen molar-refractivity contribution in [2.75, 3.05) is 6.61 Å². The lowest BCUT2D eigenvalue weighted by Gasteiger charge is -2.22. The number of aliphatic hydroxyl groups is 2. The van der Waals surface area contributed by atoms with Crippen molar-refractivity contribution in [2.45, 2.75) is 167 Å². The molecular formula is C48H77NO3. The Kier molecular flexibility index (Phi) is 39.6. The molecule has 52 heavy (non-hydrogen) atoms. The van der Waals surface area contributed by atoms with Crippen LogP contribution in [-0.4, -0.2) is 34.9 Å². The van der Waals surface area contributed by atoms with Crippen LogP contribution in [0.3, 0.4) is 0 Å². The van der Waals surface area contributed by atoms with E-state index in [-0.39, 0.29) is 12.5 Å². The number of allylic oxidation sites excluding steroid dienone is 20. The molecule has 0 aromatic carbocycles. The van der Waals surface area contributed by atoms with Crippen LogP contribution in [0.5, 0.6) is 0 Å². The van der Waals surface area contributed by atoms with Gasteiger partial charge in [0.2, 0.25) is 5.91 Å². The third kappa shape index (κ3) is 38.0. The lowest BCUT2D eigenvalue weighted by atomic mass is 10.0. The fourth-order valence-electron chi connectivity index (χ4n) is 5.33. The number of hydrogen-bond acceptors (Lipinski definition) is 3. The Bertz CT molecular complexity index is 1080. The molecule has 0 fully saturated rings. The van der Waals surface area contributed by atoms with Gasteiger partial charge < -0.3 is 15.5 Å². The molecule has 2 atom stereocenters. The number of nitrogens with one attached hydrogen (secondary N) is 1. The number of unbranched alkanes of at least 4 members (excludes halogenated alkanes) is 8. The van der Waals surface area contributed by atoms with Gasteiger partial charge in [-0.3, -0.25) is 4.79 Å². The maximum Gasteiger partial charge on any atom is 0.220 e. The van der Waals surface area contributed by atoms with Gasteiger partial charge in [0, 0.05) is 6.42 Å². The van der Waals surface area contributed by atoms with Gasteiger partial charge in [-0.2, -0.15) is 0 Å². The molecule has 0 aromatic heterocycles. The molecule has 0 spiro atoms. The topological polar surface area (TPSA) is 69.6 Å². The Morgan fingerprint density at radius 2 is 0.846 bits per heavy atom. The van der Waals surface area contributed by atoms with Crippen molar-refractivity contribution < 1.29 is 15.0 Å². The largest absolute Gasteiger partial charge is 0.394 e. The average Bonchev–Trinajstić information content (AvgIpc) is 3.15. The number of hydrogen-bond donors (Lipinski definition) is 3. The minimum atomic E-state index is -0.683. The molecule has 0 aliphatic heterocycles. The summed E-state index contributed by atoms with van der Waals surface area (Å²) in [5, 5.41) is 22.9. The summed E-state index contributed by atoms with van der Waals surface area (Å²) in [6.45, 7) is 4.15. The molecule has 3 N–H and O–H groups in total. The molecule has 0 aliphatic rings. The molecular weight excluding hydrogens is 639 g/mol. The summed E-state index contributed by atoms with van der Waals surface area (Å²) in [4.78, 5) is 12.3. The number of rotatable bonds is 35. The van der Waals surface area contributed by atoms with E-state index < -0.39 is 12.1 Å². The van der Waals surface area contributed by atoms with Crippen LogP contribution in [0, 0.1) is 0 Å². The summed E-state index contributed by atoms with van der Waals surface area (Å²) >= 11 is 0. The molecule has 0 bridgehead atoms. The molecule has 0 aliphatic carbocycles. The van der Waals surface area contributed by atoms with Crippen LogP contribution < -0.4 is 5.32 Å².